The molecule has 10 nitrogen and oxygen atoms in total. The number of likely N-dealkylation sites (tertiary alicyclic amines) is 1. The number of sulfonamides is 1. The van der Waals surface area contributed by atoms with E-state index in [1.807, 2.05) is 0 Å². The molecule has 1 aromatic heterocycles. The fourth-order valence-corrected chi connectivity index (χ4v) is 5.84. The van der Waals surface area contributed by atoms with Crippen LogP contribution >= 0.6 is 12.4 Å². The first kappa shape index (κ1) is 29.5. The maximum atomic E-state index is 14.3. The molecule has 0 aliphatic carbocycles. The van der Waals surface area contributed by atoms with Gasteiger partial charge in [0.1, 0.15) is 22.0 Å². The van der Waals surface area contributed by atoms with Crippen molar-refractivity contribution in [3.05, 3.63) is 47.8 Å². The van der Waals surface area contributed by atoms with Crippen molar-refractivity contribution in [3.63, 3.8) is 0 Å². The van der Waals surface area contributed by atoms with Crippen LogP contribution in [0.2, 0.25) is 0 Å². The lowest BCUT2D eigenvalue weighted by Gasteiger charge is -2.17. The van der Waals surface area contributed by atoms with Gasteiger partial charge in [0.15, 0.2) is 0 Å². The van der Waals surface area contributed by atoms with Crippen LogP contribution in [0.15, 0.2) is 47.1 Å². The smallest absolute Gasteiger partial charge is 0.253 e. The Morgan fingerprint density at radius 2 is 1.95 bits per heavy atom. The molecule has 206 valence electrons. The third-order valence-electron chi connectivity index (χ3n) is 6.06. The highest BCUT2D eigenvalue weighted by molar-refractivity contribution is 7.89. The average molecular weight is 567 g/mol. The van der Waals surface area contributed by atoms with Gasteiger partial charge in [0.2, 0.25) is 10.0 Å². The van der Waals surface area contributed by atoms with Crippen LogP contribution in [-0.2, 0) is 16.6 Å². The van der Waals surface area contributed by atoms with Crippen molar-refractivity contribution in [1.82, 2.24) is 24.6 Å². The van der Waals surface area contributed by atoms with E-state index < -0.39 is 15.9 Å². The number of fused-ring (bicyclic) bond motifs is 1. The number of benzene rings is 2. The second-order valence-corrected chi connectivity index (χ2v) is 10.8. The Balaban J connectivity index is 0.00000400. The van der Waals surface area contributed by atoms with Crippen molar-refractivity contribution >= 4 is 39.4 Å². The first-order valence-corrected chi connectivity index (χ1v) is 13.5. The first-order valence-electron chi connectivity index (χ1n) is 12.1. The van der Waals surface area contributed by atoms with Gasteiger partial charge < -0.3 is 15.4 Å². The number of amides is 1. The number of aromatic nitrogens is 3. The Kier molecular flexibility index (Phi) is 9.47. The zero-order valence-corrected chi connectivity index (χ0v) is 23.1. The van der Waals surface area contributed by atoms with Crippen LogP contribution in [-0.4, -0.2) is 67.0 Å². The Bertz CT molecular complexity index is 1450. The molecule has 4 rings (SSSR count). The fourth-order valence-electron chi connectivity index (χ4n) is 4.39. The Hall–Kier alpha value is -3.06. The number of carbonyl (C=O) groups is 1. The van der Waals surface area contributed by atoms with Crippen molar-refractivity contribution in [2.45, 2.75) is 44.2 Å². The molecule has 1 fully saturated rings. The summed E-state index contributed by atoms with van der Waals surface area (Å²) in [6.45, 7) is 4.60. The van der Waals surface area contributed by atoms with Crippen LogP contribution in [0.4, 0.5) is 4.39 Å². The van der Waals surface area contributed by atoms with Gasteiger partial charge in [0.25, 0.3) is 5.91 Å². The summed E-state index contributed by atoms with van der Waals surface area (Å²) in [5, 5.41) is 8.37. The molecule has 3 aromatic rings. The van der Waals surface area contributed by atoms with Gasteiger partial charge in [-0.05, 0) is 62.6 Å². The molecule has 38 heavy (non-hydrogen) atoms. The minimum atomic E-state index is -3.90. The molecule has 1 saturated heterocycles. The number of nitrogens with one attached hydrogen (secondary N) is 1. The van der Waals surface area contributed by atoms with Gasteiger partial charge in [-0.15, -0.1) is 17.5 Å². The molecular formula is C25H32ClFN6O4S. The van der Waals surface area contributed by atoms with Crippen molar-refractivity contribution < 1.29 is 22.3 Å². The molecule has 0 radical (unpaired) electrons. The van der Waals surface area contributed by atoms with E-state index in [9.17, 15) is 17.6 Å². The normalized spacial score (nSPS) is 14.3. The molecule has 0 unspecified atom stereocenters. The predicted octanol–water partition coefficient (Wildman–Crippen LogP) is 3.26. The van der Waals surface area contributed by atoms with E-state index in [0.29, 0.717) is 40.8 Å². The number of halogens is 2. The molecule has 0 atom stereocenters. The summed E-state index contributed by atoms with van der Waals surface area (Å²) in [5.74, 6) is -0.464. The monoisotopic (exact) mass is 566 g/mol. The number of hydrogen-bond donors (Lipinski definition) is 2. The van der Waals surface area contributed by atoms with E-state index in [1.54, 1.807) is 43.0 Å². The highest BCUT2D eigenvalue weighted by Gasteiger charge is 2.25. The number of ether oxygens (including phenoxy) is 1. The van der Waals surface area contributed by atoms with E-state index in [0.717, 1.165) is 12.8 Å². The summed E-state index contributed by atoms with van der Waals surface area (Å²) < 4.78 is 49.7. The standard InChI is InChI=1S/C25H31FN6O4S.ClH/c1-16(2)29-37(34,35)23-14-17(6-7-22(23)36-3)20-12-18(25(33)31-10-4-5-11-31)13-21-24(20)28-30-32(21)15-19(26)8-9-27;/h6-8,12-14,16,29H,4-5,9-11,15,27H2,1-3H3;1H/b19-8-;. The molecule has 1 amide bonds. The van der Waals surface area contributed by atoms with Crippen LogP contribution in [0.1, 0.15) is 37.0 Å². The third-order valence-corrected chi connectivity index (χ3v) is 7.74. The highest BCUT2D eigenvalue weighted by atomic mass is 35.5. The second kappa shape index (κ2) is 12.2. The first-order chi connectivity index (χ1) is 17.6. The van der Waals surface area contributed by atoms with Crippen LogP contribution in [0.3, 0.4) is 0 Å². The molecule has 2 aromatic carbocycles. The molecule has 3 N–H and O–H groups in total. The van der Waals surface area contributed by atoms with Crippen molar-refractivity contribution in [2.75, 3.05) is 26.7 Å². The molecule has 0 spiro atoms. The second-order valence-electron chi connectivity index (χ2n) is 9.17. The highest BCUT2D eigenvalue weighted by Crippen LogP contribution is 2.34. The molecule has 0 bridgehead atoms. The Labute approximate surface area is 227 Å². The molecule has 1 aliphatic heterocycles. The van der Waals surface area contributed by atoms with Crippen molar-refractivity contribution in [2.24, 2.45) is 5.73 Å². The zero-order valence-electron chi connectivity index (χ0n) is 21.5. The maximum absolute atomic E-state index is 14.3. The number of methoxy groups -OCH3 is 1. The summed E-state index contributed by atoms with van der Waals surface area (Å²) >= 11 is 0. The topological polar surface area (TPSA) is 132 Å². The lowest BCUT2D eigenvalue weighted by Crippen LogP contribution is -2.30. The number of hydrogen-bond acceptors (Lipinski definition) is 7. The van der Waals surface area contributed by atoms with Crippen molar-refractivity contribution in [3.8, 4) is 16.9 Å². The molecule has 13 heteroatoms. The zero-order chi connectivity index (χ0) is 26.7. The number of nitrogens with zero attached hydrogens (tertiary/aromatic N) is 4. The van der Waals surface area contributed by atoms with Gasteiger partial charge in [-0.25, -0.2) is 22.2 Å². The number of rotatable bonds is 9. The van der Waals surface area contributed by atoms with E-state index in [1.165, 1.54) is 23.9 Å². The SMILES string of the molecule is COc1ccc(-c2cc(C(=O)N3CCCC3)cc3c2nnn3C/C(F)=C/CN)cc1S(=O)(=O)NC(C)C.Cl. The predicted molar refractivity (Wildman–Crippen MR) is 146 cm³/mol. The summed E-state index contributed by atoms with van der Waals surface area (Å²) in [6, 6.07) is 7.73. The number of nitrogens with two attached hydrogens (primary N) is 1. The molecule has 1 aliphatic rings. The minimum absolute atomic E-state index is 0. The third kappa shape index (κ3) is 6.15. The fraction of sp³-hybridized carbons (Fsp3) is 0.400. The molecule has 2 heterocycles. The van der Waals surface area contributed by atoms with E-state index in [-0.39, 0.29) is 48.1 Å². The number of carbonyl (C=O) groups excluding carboxylic acids is 1. The lowest BCUT2D eigenvalue weighted by atomic mass is 10.00. The maximum Gasteiger partial charge on any atom is 0.253 e. The largest absolute Gasteiger partial charge is 0.495 e. The minimum Gasteiger partial charge on any atom is -0.495 e. The Morgan fingerprint density at radius 3 is 2.58 bits per heavy atom. The van der Waals surface area contributed by atoms with Gasteiger partial charge in [-0.3, -0.25) is 4.79 Å². The van der Waals surface area contributed by atoms with Gasteiger partial charge in [0, 0.05) is 36.8 Å². The van der Waals surface area contributed by atoms with E-state index in [4.69, 9.17) is 10.5 Å². The summed E-state index contributed by atoms with van der Waals surface area (Å²) in [5.41, 5.74) is 7.66. The summed E-state index contributed by atoms with van der Waals surface area (Å²) in [6.07, 6.45) is 3.10. The molecular weight excluding hydrogens is 535 g/mol. The lowest BCUT2D eigenvalue weighted by molar-refractivity contribution is 0.0793. The summed E-state index contributed by atoms with van der Waals surface area (Å²) in [4.78, 5) is 15.0. The van der Waals surface area contributed by atoms with Gasteiger partial charge in [-0.1, -0.05) is 11.3 Å². The molecule has 0 saturated carbocycles. The Morgan fingerprint density at radius 1 is 1.24 bits per heavy atom. The number of allylic oxidation sites excluding steroid dienone is 1. The van der Waals surface area contributed by atoms with Gasteiger partial charge in [0.05, 0.1) is 19.2 Å². The summed E-state index contributed by atoms with van der Waals surface area (Å²) in [7, 11) is -2.51. The van der Waals surface area contributed by atoms with Crippen molar-refractivity contribution in [1.29, 1.82) is 0 Å². The van der Waals surface area contributed by atoms with Gasteiger partial charge in [-0.2, -0.15) is 0 Å². The van der Waals surface area contributed by atoms with Gasteiger partial charge >= 0.3 is 0 Å². The van der Waals surface area contributed by atoms with Crippen LogP contribution in [0, 0.1) is 0 Å². The van der Waals surface area contributed by atoms with Crippen LogP contribution in [0.25, 0.3) is 22.2 Å². The van der Waals surface area contributed by atoms with E-state index >= 15 is 0 Å². The van der Waals surface area contributed by atoms with E-state index in [2.05, 4.69) is 15.0 Å². The quantitative estimate of drug-likeness (QED) is 0.406. The average Bonchev–Trinajstić information content (AvgIpc) is 3.53. The van der Waals surface area contributed by atoms with Crippen LogP contribution < -0.4 is 15.2 Å². The van der Waals surface area contributed by atoms with Crippen LogP contribution in [0.5, 0.6) is 5.75 Å².